The number of fused-ring (bicyclic) bond motifs is 5. The van der Waals surface area contributed by atoms with Gasteiger partial charge in [0.05, 0.1) is 12.7 Å². The van der Waals surface area contributed by atoms with Crippen LogP contribution in [0.3, 0.4) is 0 Å². The van der Waals surface area contributed by atoms with Crippen molar-refractivity contribution in [3.05, 3.63) is 11.6 Å². The van der Waals surface area contributed by atoms with E-state index >= 15 is 0 Å². The van der Waals surface area contributed by atoms with E-state index in [1.165, 1.54) is 56.7 Å². The van der Waals surface area contributed by atoms with Gasteiger partial charge >= 0.3 is 0 Å². The summed E-state index contributed by atoms with van der Waals surface area (Å²) in [6.45, 7) is 7.82. The fourth-order valence-corrected chi connectivity index (χ4v) is 11.1. The number of hydrogen-bond donors (Lipinski definition) is 5. The Hall–Kier alpha value is -0.190. The van der Waals surface area contributed by atoms with Gasteiger partial charge in [-0.05, 0) is 111 Å². The molecule has 2 unspecified atom stereocenters. The van der Waals surface area contributed by atoms with E-state index in [9.17, 15) is 20.4 Å². The SMILES string of the molecule is CC(N)[C@H]1CC[C@H]2[C@@H]3CC=C4CC(OCCCCCCS[C@@H]5O[C@H](CO)[C@@H](O)[C@H](O)[C@@H]5O)CC[C@]4(C)[C@H]3CC[C@]12C. The summed E-state index contributed by atoms with van der Waals surface area (Å²) in [7, 11) is 0. The Morgan fingerprint density at radius 1 is 1.00 bits per heavy atom. The molecule has 41 heavy (non-hydrogen) atoms. The van der Waals surface area contributed by atoms with E-state index in [-0.39, 0.29) is 6.61 Å². The predicted octanol–water partition coefficient (Wildman–Crippen LogP) is 4.39. The lowest BCUT2D eigenvalue weighted by Crippen LogP contribution is -2.57. The Morgan fingerprint density at radius 2 is 1.78 bits per heavy atom. The molecule has 13 atom stereocenters. The second kappa shape index (κ2) is 13.4. The highest BCUT2D eigenvalue weighted by Gasteiger charge is 2.59. The van der Waals surface area contributed by atoms with Crippen LogP contribution in [0.1, 0.15) is 97.8 Å². The molecule has 1 saturated heterocycles. The van der Waals surface area contributed by atoms with Gasteiger partial charge in [-0.3, -0.25) is 0 Å². The standard InChI is InChI=1S/C33H57NO6S/c1-20(34)24-10-11-25-23-9-8-21-18-22(12-14-32(21,2)26(23)13-15-33(24,25)3)39-16-6-4-5-7-17-41-31-30(38)29(37)28(36)27(19-35)40-31/h8,20,22-31,35-38H,4-7,9-19,34H2,1-3H3/t20?,22?,23-,24+,25-,26-,27+,28+,29-,30-,31-,32-,33+/m0/s1. The van der Waals surface area contributed by atoms with Gasteiger partial charge in [-0.2, -0.15) is 0 Å². The first-order valence-corrected chi connectivity index (χ1v) is 17.6. The molecule has 5 aliphatic rings. The van der Waals surface area contributed by atoms with Crippen molar-refractivity contribution in [2.24, 2.45) is 40.2 Å². The number of rotatable bonds is 11. The van der Waals surface area contributed by atoms with Crippen molar-refractivity contribution in [2.45, 2.75) is 140 Å². The molecule has 0 radical (unpaired) electrons. The summed E-state index contributed by atoms with van der Waals surface area (Å²) in [5.41, 5.74) is 8.33. The molecule has 7 nitrogen and oxygen atoms in total. The molecule has 0 aromatic heterocycles. The van der Waals surface area contributed by atoms with E-state index in [1.54, 1.807) is 5.57 Å². The van der Waals surface area contributed by atoms with Crippen LogP contribution in [0.2, 0.25) is 0 Å². The predicted molar refractivity (Wildman–Crippen MR) is 163 cm³/mol. The molecule has 1 aliphatic heterocycles. The van der Waals surface area contributed by atoms with Crippen LogP contribution in [0.4, 0.5) is 0 Å². The Balaban J connectivity index is 1.01. The molecule has 4 fully saturated rings. The Morgan fingerprint density at radius 3 is 2.54 bits per heavy atom. The average Bonchev–Trinajstić information content (AvgIpc) is 3.32. The molecular formula is C33H57NO6S. The van der Waals surface area contributed by atoms with Crippen molar-refractivity contribution in [3.8, 4) is 0 Å². The van der Waals surface area contributed by atoms with Crippen molar-refractivity contribution >= 4 is 11.8 Å². The highest BCUT2D eigenvalue weighted by atomic mass is 32.2. The van der Waals surface area contributed by atoms with Gasteiger partial charge in [0.2, 0.25) is 0 Å². The minimum Gasteiger partial charge on any atom is -0.394 e. The smallest absolute Gasteiger partial charge is 0.132 e. The van der Waals surface area contributed by atoms with E-state index in [1.807, 2.05) is 0 Å². The summed E-state index contributed by atoms with van der Waals surface area (Å²) in [4.78, 5) is 0. The second-order valence-electron chi connectivity index (χ2n) is 14.6. The maximum absolute atomic E-state index is 10.2. The Labute approximate surface area is 252 Å². The van der Waals surface area contributed by atoms with Gasteiger partial charge in [-0.15, -0.1) is 11.8 Å². The van der Waals surface area contributed by atoms with Crippen LogP contribution in [0.5, 0.6) is 0 Å². The third kappa shape index (κ3) is 6.33. The van der Waals surface area contributed by atoms with Crippen LogP contribution in [0.15, 0.2) is 11.6 Å². The normalized spacial score (nSPS) is 46.8. The highest BCUT2D eigenvalue weighted by molar-refractivity contribution is 7.99. The number of aliphatic hydroxyl groups excluding tert-OH is 4. The lowest BCUT2D eigenvalue weighted by Gasteiger charge is -2.58. The fraction of sp³-hybridized carbons (Fsp3) is 0.939. The molecule has 0 bridgehead atoms. The molecule has 5 rings (SSSR count). The Kier molecular flexibility index (Phi) is 10.6. The van der Waals surface area contributed by atoms with Crippen LogP contribution in [0.25, 0.3) is 0 Å². The number of thioether (sulfide) groups is 1. The van der Waals surface area contributed by atoms with Gasteiger partial charge in [0, 0.05) is 12.6 Å². The van der Waals surface area contributed by atoms with E-state index in [0.29, 0.717) is 28.9 Å². The topological polar surface area (TPSA) is 125 Å². The summed E-state index contributed by atoms with van der Waals surface area (Å²) in [6.07, 6.45) is 12.9. The maximum Gasteiger partial charge on any atom is 0.132 e. The van der Waals surface area contributed by atoms with Crippen LogP contribution in [0, 0.1) is 34.5 Å². The van der Waals surface area contributed by atoms with Crippen LogP contribution >= 0.6 is 11.8 Å². The van der Waals surface area contributed by atoms with Crippen LogP contribution in [-0.2, 0) is 9.47 Å². The molecule has 4 aliphatic carbocycles. The van der Waals surface area contributed by atoms with E-state index in [0.717, 1.165) is 62.2 Å². The zero-order chi connectivity index (χ0) is 29.4. The molecule has 236 valence electrons. The van der Waals surface area contributed by atoms with Crippen molar-refractivity contribution in [3.63, 3.8) is 0 Å². The fourth-order valence-electron chi connectivity index (χ4n) is 9.89. The third-order valence-electron chi connectivity index (χ3n) is 12.3. The maximum atomic E-state index is 10.2. The number of ether oxygens (including phenoxy) is 2. The van der Waals surface area contributed by atoms with Crippen molar-refractivity contribution in [1.29, 1.82) is 0 Å². The van der Waals surface area contributed by atoms with Crippen LogP contribution < -0.4 is 5.73 Å². The molecule has 3 saturated carbocycles. The van der Waals surface area contributed by atoms with Gasteiger partial charge in [0.1, 0.15) is 29.9 Å². The molecule has 0 aromatic rings. The molecule has 6 N–H and O–H groups in total. The van der Waals surface area contributed by atoms with Crippen LogP contribution in [-0.4, -0.2) is 81.4 Å². The quantitative estimate of drug-likeness (QED) is 0.176. The number of aliphatic hydroxyl groups is 4. The minimum atomic E-state index is -1.29. The first-order chi connectivity index (χ1) is 19.6. The van der Waals surface area contributed by atoms with Gasteiger partial charge < -0.3 is 35.6 Å². The number of hydrogen-bond acceptors (Lipinski definition) is 8. The largest absolute Gasteiger partial charge is 0.394 e. The Bertz CT molecular complexity index is 901. The number of allylic oxidation sites excluding steroid dienone is 1. The van der Waals surface area contributed by atoms with E-state index < -0.39 is 29.9 Å². The molecule has 0 aromatic carbocycles. The summed E-state index contributed by atoms with van der Waals surface area (Å²) < 4.78 is 12.0. The van der Waals surface area contributed by atoms with Gasteiger partial charge in [-0.1, -0.05) is 38.3 Å². The minimum absolute atomic E-state index is 0.315. The first-order valence-electron chi connectivity index (χ1n) is 16.6. The highest BCUT2D eigenvalue weighted by Crippen LogP contribution is 2.66. The van der Waals surface area contributed by atoms with Crippen molar-refractivity contribution < 1.29 is 29.9 Å². The van der Waals surface area contributed by atoms with Gasteiger partial charge in [-0.25, -0.2) is 0 Å². The van der Waals surface area contributed by atoms with Gasteiger partial charge in [0.25, 0.3) is 0 Å². The lowest BCUT2D eigenvalue weighted by molar-refractivity contribution is -0.205. The molecule has 8 heteroatoms. The lowest BCUT2D eigenvalue weighted by atomic mass is 9.47. The zero-order valence-corrected chi connectivity index (χ0v) is 26.4. The van der Waals surface area contributed by atoms with Gasteiger partial charge in [0.15, 0.2) is 0 Å². The van der Waals surface area contributed by atoms with E-state index in [4.69, 9.17) is 15.2 Å². The monoisotopic (exact) mass is 595 g/mol. The molecular weight excluding hydrogens is 538 g/mol. The zero-order valence-electron chi connectivity index (χ0n) is 25.6. The number of nitrogens with two attached hydrogens (primary N) is 1. The van der Waals surface area contributed by atoms with Crippen molar-refractivity contribution in [1.82, 2.24) is 0 Å². The number of unbranched alkanes of at least 4 members (excludes halogenated alkanes) is 3. The second-order valence-corrected chi connectivity index (χ2v) is 15.8. The van der Waals surface area contributed by atoms with E-state index in [2.05, 4.69) is 26.8 Å². The molecule has 1 heterocycles. The van der Waals surface area contributed by atoms with Crippen molar-refractivity contribution in [2.75, 3.05) is 19.0 Å². The summed E-state index contributed by atoms with van der Waals surface area (Å²) in [6, 6.07) is 0.315. The molecule has 0 spiro atoms. The summed E-state index contributed by atoms with van der Waals surface area (Å²) >= 11 is 1.44. The first kappa shape index (κ1) is 32.2. The average molecular weight is 596 g/mol. The summed E-state index contributed by atoms with van der Waals surface area (Å²) in [5.74, 6) is 4.00. The summed E-state index contributed by atoms with van der Waals surface area (Å²) in [5, 5.41) is 39.4. The molecule has 0 amide bonds. The third-order valence-corrected chi connectivity index (χ3v) is 13.5.